The molecule has 1 fully saturated rings. The first-order valence-electron chi connectivity index (χ1n) is 7.51. The van der Waals surface area contributed by atoms with Gasteiger partial charge in [-0.25, -0.2) is 0 Å². The molecule has 3 N–H and O–H groups in total. The van der Waals surface area contributed by atoms with Crippen LogP contribution in [0, 0.1) is 0 Å². The zero-order chi connectivity index (χ0) is 15.9. The molecule has 7 heteroatoms. The lowest BCUT2D eigenvalue weighted by Gasteiger charge is -2.24. The molecule has 5 nitrogen and oxygen atoms in total. The highest BCUT2D eigenvalue weighted by Gasteiger charge is 2.30. The van der Waals surface area contributed by atoms with Gasteiger partial charge in [0.2, 0.25) is 5.91 Å². The van der Waals surface area contributed by atoms with Gasteiger partial charge in [0.15, 0.2) is 0 Å². The molecular weight excluding hydrogens is 334 g/mol. The maximum absolute atomic E-state index is 12.6. The Hall–Kier alpha value is -1.24. The lowest BCUT2D eigenvalue weighted by Crippen LogP contribution is -2.48. The Kier molecular flexibility index (Phi) is 8.44. The molecule has 0 aliphatic carbocycles. The topological polar surface area (TPSA) is 75.4 Å². The lowest BCUT2D eigenvalue weighted by atomic mass is 10.1. The molecule has 1 saturated heterocycles. The Balaban J connectivity index is 0.00000264. The molecule has 2 atom stereocenters. The number of benzene rings is 1. The van der Waals surface area contributed by atoms with E-state index in [2.05, 4.69) is 5.32 Å². The first kappa shape index (κ1) is 19.8. The Morgan fingerprint density at radius 1 is 1.39 bits per heavy atom. The number of rotatable bonds is 6. The molecule has 0 spiro atoms. The number of hydrogen-bond donors (Lipinski definition) is 2. The van der Waals surface area contributed by atoms with Crippen molar-refractivity contribution in [2.45, 2.75) is 24.9 Å². The van der Waals surface area contributed by atoms with Crippen molar-refractivity contribution in [3.63, 3.8) is 0 Å². The molecule has 1 aromatic carbocycles. The van der Waals surface area contributed by atoms with Crippen molar-refractivity contribution in [3.05, 3.63) is 35.9 Å². The molecule has 0 radical (unpaired) electrons. The molecule has 0 bridgehead atoms. The minimum Gasteiger partial charge on any atom is -0.340 e. The molecule has 1 aliphatic rings. The van der Waals surface area contributed by atoms with Crippen LogP contribution in [0.25, 0.3) is 0 Å². The first-order chi connectivity index (χ1) is 10.6. The summed E-state index contributed by atoms with van der Waals surface area (Å²) < 4.78 is 0. The summed E-state index contributed by atoms with van der Waals surface area (Å²) in [4.78, 5) is 26.7. The van der Waals surface area contributed by atoms with E-state index in [9.17, 15) is 9.59 Å². The van der Waals surface area contributed by atoms with Crippen molar-refractivity contribution in [1.82, 2.24) is 10.2 Å². The standard InChI is InChI=1S/C16H23N3O2S.ClH/c1-22-10-8-14(16(21)19-9-7-13(17)11-19)18-15(20)12-5-3-2-4-6-12;/h2-6,13-14H,7-11,17H2,1H3,(H,18,20);1H/t13-,14?;/m1./s1. The van der Waals surface area contributed by atoms with Crippen LogP contribution in [0.2, 0.25) is 0 Å². The van der Waals surface area contributed by atoms with Crippen LogP contribution in [0.1, 0.15) is 23.2 Å². The summed E-state index contributed by atoms with van der Waals surface area (Å²) in [6, 6.07) is 8.55. The summed E-state index contributed by atoms with van der Waals surface area (Å²) in [6.45, 7) is 1.26. The van der Waals surface area contributed by atoms with Gasteiger partial charge in [0, 0.05) is 24.7 Å². The molecule has 1 unspecified atom stereocenters. The van der Waals surface area contributed by atoms with Gasteiger partial charge in [-0.15, -0.1) is 12.4 Å². The van der Waals surface area contributed by atoms with Gasteiger partial charge >= 0.3 is 0 Å². The number of nitrogens with two attached hydrogens (primary N) is 1. The number of amides is 2. The van der Waals surface area contributed by atoms with Crippen molar-refractivity contribution >= 4 is 36.0 Å². The largest absolute Gasteiger partial charge is 0.340 e. The fourth-order valence-electron chi connectivity index (χ4n) is 2.53. The number of likely N-dealkylation sites (tertiary alicyclic amines) is 1. The zero-order valence-corrected chi connectivity index (χ0v) is 14.9. The Morgan fingerprint density at radius 2 is 2.09 bits per heavy atom. The average molecular weight is 358 g/mol. The van der Waals surface area contributed by atoms with E-state index in [-0.39, 0.29) is 30.3 Å². The van der Waals surface area contributed by atoms with Gasteiger partial charge in [0.25, 0.3) is 5.91 Å². The fraction of sp³-hybridized carbons (Fsp3) is 0.500. The van der Waals surface area contributed by atoms with Gasteiger partial charge in [-0.05, 0) is 37.0 Å². The fourth-order valence-corrected chi connectivity index (χ4v) is 3.00. The number of nitrogens with one attached hydrogen (secondary N) is 1. The molecule has 1 aliphatic heterocycles. The Bertz CT molecular complexity index is 515. The predicted molar refractivity (Wildman–Crippen MR) is 97.1 cm³/mol. The number of nitrogens with zero attached hydrogens (tertiary/aromatic N) is 1. The number of carbonyl (C=O) groups excluding carboxylic acids is 2. The monoisotopic (exact) mass is 357 g/mol. The molecule has 1 aromatic rings. The van der Waals surface area contributed by atoms with E-state index in [0.717, 1.165) is 12.2 Å². The normalized spacial score (nSPS) is 18.2. The average Bonchev–Trinajstić information content (AvgIpc) is 2.98. The molecule has 2 amide bonds. The van der Waals surface area contributed by atoms with Gasteiger partial charge in [0.05, 0.1) is 0 Å². The lowest BCUT2D eigenvalue weighted by molar-refractivity contribution is -0.132. The molecule has 2 rings (SSSR count). The van der Waals surface area contributed by atoms with Crippen LogP contribution in [0.15, 0.2) is 30.3 Å². The van der Waals surface area contributed by atoms with Gasteiger partial charge in [-0.2, -0.15) is 11.8 Å². The molecule has 0 aromatic heterocycles. The summed E-state index contributed by atoms with van der Waals surface area (Å²) in [5, 5.41) is 2.88. The van der Waals surface area contributed by atoms with Crippen LogP contribution in [-0.4, -0.2) is 53.9 Å². The van der Waals surface area contributed by atoms with Gasteiger partial charge in [-0.3, -0.25) is 9.59 Å². The quantitative estimate of drug-likeness (QED) is 0.809. The molecule has 128 valence electrons. The second-order valence-corrected chi connectivity index (χ2v) is 6.49. The highest BCUT2D eigenvalue weighted by atomic mass is 35.5. The smallest absolute Gasteiger partial charge is 0.251 e. The van der Waals surface area contributed by atoms with Crippen molar-refractivity contribution in [1.29, 1.82) is 0 Å². The highest BCUT2D eigenvalue weighted by molar-refractivity contribution is 7.98. The summed E-state index contributed by atoms with van der Waals surface area (Å²) in [5.74, 6) is 0.598. The van der Waals surface area contributed by atoms with Crippen LogP contribution in [0.5, 0.6) is 0 Å². The van der Waals surface area contributed by atoms with Crippen molar-refractivity contribution in [2.75, 3.05) is 25.1 Å². The third kappa shape index (κ3) is 5.71. The number of thioether (sulfide) groups is 1. The van der Waals surface area contributed by atoms with Crippen molar-refractivity contribution in [2.24, 2.45) is 5.73 Å². The van der Waals surface area contributed by atoms with E-state index in [4.69, 9.17) is 5.73 Å². The number of hydrogen-bond acceptors (Lipinski definition) is 4. The second-order valence-electron chi connectivity index (χ2n) is 5.51. The van der Waals surface area contributed by atoms with Crippen molar-refractivity contribution in [3.8, 4) is 0 Å². The van der Waals surface area contributed by atoms with Crippen LogP contribution >= 0.6 is 24.2 Å². The third-order valence-corrected chi connectivity index (χ3v) is 4.43. The highest BCUT2D eigenvalue weighted by Crippen LogP contribution is 2.12. The second kappa shape index (κ2) is 9.80. The number of carbonyl (C=O) groups is 2. The van der Waals surface area contributed by atoms with E-state index in [1.165, 1.54) is 0 Å². The Labute approximate surface area is 147 Å². The molecule has 23 heavy (non-hydrogen) atoms. The molecule has 1 heterocycles. The molecule has 0 saturated carbocycles. The maximum Gasteiger partial charge on any atom is 0.251 e. The summed E-state index contributed by atoms with van der Waals surface area (Å²) in [7, 11) is 0. The Morgan fingerprint density at radius 3 is 2.65 bits per heavy atom. The predicted octanol–water partition coefficient (Wildman–Crippen LogP) is 1.52. The first-order valence-corrected chi connectivity index (χ1v) is 8.90. The maximum atomic E-state index is 12.6. The van der Waals surface area contributed by atoms with Crippen LogP contribution in [-0.2, 0) is 4.79 Å². The van der Waals surface area contributed by atoms with Crippen LogP contribution in [0.3, 0.4) is 0 Å². The molecular formula is C16H24ClN3O2S. The van der Waals surface area contributed by atoms with E-state index < -0.39 is 6.04 Å². The van der Waals surface area contributed by atoms with Crippen LogP contribution in [0.4, 0.5) is 0 Å². The summed E-state index contributed by atoms with van der Waals surface area (Å²) >= 11 is 1.67. The van der Waals surface area contributed by atoms with E-state index in [1.54, 1.807) is 28.8 Å². The van der Waals surface area contributed by atoms with E-state index >= 15 is 0 Å². The minimum absolute atomic E-state index is 0. The van der Waals surface area contributed by atoms with E-state index in [0.29, 0.717) is 25.1 Å². The minimum atomic E-state index is -0.481. The SMILES string of the molecule is CSCCC(NC(=O)c1ccccc1)C(=O)N1CC[C@@H](N)C1.Cl. The summed E-state index contributed by atoms with van der Waals surface area (Å²) in [6.07, 6.45) is 3.45. The van der Waals surface area contributed by atoms with Gasteiger partial charge in [0.1, 0.15) is 6.04 Å². The van der Waals surface area contributed by atoms with Crippen LogP contribution < -0.4 is 11.1 Å². The zero-order valence-electron chi connectivity index (χ0n) is 13.2. The van der Waals surface area contributed by atoms with Crippen molar-refractivity contribution < 1.29 is 9.59 Å². The summed E-state index contributed by atoms with van der Waals surface area (Å²) in [5.41, 5.74) is 6.44. The number of halogens is 1. The van der Waals surface area contributed by atoms with E-state index in [1.807, 2.05) is 24.5 Å². The third-order valence-electron chi connectivity index (χ3n) is 3.79. The van der Waals surface area contributed by atoms with Gasteiger partial charge in [-0.1, -0.05) is 18.2 Å². The van der Waals surface area contributed by atoms with Gasteiger partial charge < -0.3 is 16.0 Å².